The van der Waals surface area contributed by atoms with Crippen LogP contribution in [0.15, 0.2) is 11.3 Å². The van der Waals surface area contributed by atoms with Crippen molar-refractivity contribution in [1.29, 1.82) is 0 Å². The highest BCUT2D eigenvalue weighted by Crippen LogP contribution is 2.49. The van der Waals surface area contributed by atoms with E-state index in [1.807, 2.05) is 0 Å². The van der Waals surface area contributed by atoms with E-state index in [0.29, 0.717) is 12.8 Å². The lowest BCUT2D eigenvalue weighted by atomic mass is 9.73. The van der Waals surface area contributed by atoms with Crippen molar-refractivity contribution in [2.45, 2.75) is 66.4 Å². The van der Waals surface area contributed by atoms with Crippen molar-refractivity contribution in [2.24, 2.45) is 5.41 Å². The van der Waals surface area contributed by atoms with Crippen LogP contribution in [-0.4, -0.2) is 51.7 Å². The molecule has 1 aliphatic rings. The number of ether oxygens (including phenoxy) is 2. The maximum absolute atomic E-state index is 13.1. The quantitative estimate of drug-likeness (QED) is 0.285. The van der Waals surface area contributed by atoms with Gasteiger partial charge in [0.05, 0.1) is 12.5 Å². The van der Waals surface area contributed by atoms with Crippen LogP contribution in [0.5, 0.6) is 23.0 Å². The average molecular weight is 462 g/mol. The fraction of sp³-hybridized carbons (Fsp3) is 0.500. The van der Waals surface area contributed by atoms with Gasteiger partial charge in [0, 0.05) is 18.4 Å². The third-order valence-electron chi connectivity index (χ3n) is 5.71. The minimum Gasteiger partial charge on any atom is -0.510 e. The molecule has 0 bridgehead atoms. The molecule has 0 heterocycles. The number of methoxy groups -OCH3 is 1. The molecule has 0 aromatic heterocycles. The molecule has 2 rings (SSSR count). The van der Waals surface area contributed by atoms with E-state index in [2.05, 4.69) is 0 Å². The van der Waals surface area contributed by atoms with Crippen molar-refractivity contribution in [3.63, 3.8) is 0 Å². The van der Waals surface area contributed by atoms with Gasteiger partial charge in [0.1, 0.15) is 22.6 Å². The van der Waals surface area contributed by atoms with Gasteiger partial charge in [-0.1, -0.05) is 13.8 Å². The topological polar surface area (TPSA) is 147 Å². The van der Waals surface area contributed by atoms with Crippen molar-refractivity contribution in [1.82, 2.24) is 0 Å². The summed E-state index contributed by atoms with van der Waals surface area (Å²) in [6.45, 7) is 7.59. The number of hydrogen-bond donors (Lipinski definition) is 3. The van der Waals surface area contributed by atoms with E-state index in [1.54, 1.807) is 13.8 Å². The van der Waals surface area contributed by atoms with Crippen LogP contribution >= 0.6 is 0 Å². The summed E-state index contributed by atoms with van der Waals surface area (Å²) in [6.07, 6.45) is -1.03. The van der Waals surface area contributed by atoms with Crippen molar-refractivity contribution >= 4 is 23.1 Å². The summed E-state index contributed by atoms with van der Waals surface area (Å²) < 4.78 is 10.9. The monoisotopic (exact) mass is 462 g/mol. The second-order valence-corrected chi connectivity index (χ2v) is 8.48. The van der Waals surface area contributed by atoms with Gasteiger partial charge in [-0.05, 0) is 33.6 Å². The van der Waals surface area contributed by atoms with Gasteiger partial charge in [-0.3, -0.25) is 19.2 Å². The number of rotatable bonds is 9. The SMILES string of the molecule is CCCC(=O)C1=C(O)C(C)(C)C(=O)C(Oc2c(O)c(C(=O)CCC)c(O)c(C)c2OC)C1=O. The van der Waals surface area contributed by atoms with Gasteiger partial charge in [-0.25, -0.2) is 0 Å². The highest BCUT2D eigenvalue weighted by molar-refractivity contribution is 6.30. The predicted molar refractivity (Wildman–Crippen MR) is 118 cm³/mol. The van der Waals surface area contributed by atoms with Crippen molar-refractivity contribution < 1.29 is 44.0 Å². The molecule has 3 N–H and O–H groups in total. The molecule has 1 aromatic carbocycles. The van der Waals surface area contributed by atoms with Crippen molar-refractivity contribution in [2.75, 3.05) is 7.11 Å². The number of Topliss-reactive ketones (excluding diaryl/α,β-unsaturated/α-hetero) is 4. The zero-order valence-corrected chi connectivity index (χ0v) is 19.7. The highest BCUT2D eigenvalue weighted by Gasteiger charge is 2.52. The molecule has 0 saturated carbocycles. The van der Waals surface area contributed by atoms with Crippen LogP contribution in [-0.2, 0) is 14.4 Å². The van der Waals surface area contributed by atoms with Gasteiger partial charge in [-0.15, -0.1) is 0 Å². The van der Waals surface area contributed by atoms with E-state index in [-0.39, 0.29) is 24.2 Å². The van der Waals surface area contributed by atoms with Crippen LogP contribution < -0.4 is 9.47 Å². The Morgan fingerprint density at radius 2 is 1.48 bits per heavy atom. The van der Waals surface area contributed by atoms with E-state index in [1.165, 1.54) is 27.9 Å². The number of hydrogen-bond acceptors (Lipinski definition) is 9. The van der Waals surface area contributed by atoms with E-state index in [0.717, 1.165) is 0 Å². The number of aromatic hydroxyl groups is 2. The number of ketones is 4. The van der Waals surface area contributed by atoms with Crippen LogP contribution in [0.4, 0.5) is 0 Å². The lowest BCUT2D eigenvalue weighted by molar-refractivity contribution is -0.143. The Hall–Kier alpha value is -3.36. The fourth-order valence-corrected chi connectivity index (χ4v) is 3.74. The second-order valence-electron chi connectivity index (χ2n) is 8.48. The van der Waals surface area contributed by atoms with Gasteiger partial charge in [0.15, 0.2) is 28.8 Å². The Balaban J connectivity index is 2.71. The Morgan fingerprint density at radius 3 is 2.00 bits per heavy atom. The van der Waals surface area contributed by atoms with Crippen LogP contribution in [0.25, 0.3) is 0 Å². The Morgan fingerprint density at radius 1 is 0.939 bits per heavy atom. The summed E-state index contributed by atoms with van der Waals surface area (Å²) in [4.78, 5) is 51.3. The fourth-order valence-electron chi connectivity index (χ4n) is 3.74. The zero-order chi connectivity index (χ0) is 25.2. The molecule has 1 aromatic rings. The standard InChI is InChI=1S/C24H30O9/c1-7-9-12(25)14-16(27)11(3)19(32-6)20(17(14)28)33-21-18(29)15(13(26)10-8-2)22(30)24(4,5)23(21)31/h21,27-28,30H,7-10H2,1-6H3. The molecule has 180 valence electrons. The van der Waals surface area contributed by atoms with Gasteiger partial charge in [0.2, 0.25) is 17.6 Å². The van der Waals surface area contributed by atoms with Crippen LogP contribution in [0.1, 0.15) is 69.3 Å². The first-order valence-corrected chi connectivity index (χ1v) is 10.7. The molecule has 9 nitrogen and oxygen atoms in total. The summed E-state index contributed by atoms with van der Waals surface area (Å²) in [7, 11) is 1.22. The maximum atomic E-state index is 13.1. The number of phenols is 2. The summed E-state index contributed by atoms with van der Waals surface area (Å²) >= 11 is 0. The molecule has 1 unspecified atom stereocenters. The average Bonchev–Trinajstić information content (AvgIpc) is 2.74. The van der Waals surface area contributed by atoms with Gasteiger partial charge in [0.25, 0.3) is 0 Å². The number of benzene rings is 1. The molecule has 1 atom stereocenters. The highest BCUT2D eigenvalue weighted by atomic mass is 16.5. The molecule has 0 aliphatic heterocycles. The van der Waals surface area contributed by atoms with E-state index in [9.17, 15) is 34.5 Å². The first-order valence-electron chi connectivity index (χ1n) is 10.7. The normalized spacial score (nSPS) is 17.8. The second kappa shape index (κ2) is 9.64. The van der Waals surface area contributed by atoms with Gasteiger partial charge >= 0.3 is 0 Å². The molecule has 0 fully saturated rings. The minimum absolute atomic E-state index is 0.0208. The first-order chi connectivity index (χ1) is 15.4. The molecule has 0 spiro atoms. The Labute approximate surface area is 192 Å². The molecular weight excluding hydrogens is 432 g/mol. The summed E-state index contributed by atoms with van der Waals surface area (Å²) in [5.41, 5.74) is -2.50. The van der Waals surface area contributed by atoms with Crippen LogP contribution in [0.3, 0.4) is 0 Å². The van der Waals surface area contributed by atoms with E-state index < -0.39 is 68.8 Å². The van der Waals surface area contributed by atoms with Gasteiger partial charge < -0.3 is 24.8 Å². The van der Waals surface area contributed by atoms with Crippen molar-refractivity contribution in [3.05, 3.63) is 22.5 Å². The van der Waals surface area contributed by atoms with Crippen molar-refractivity contribution in [3.8, 4) is 23.0 Å². The predicted octanol–water partition coefficient (Wildman–Crippen LogP) is 3.50. The van der Waals surface area contributed by atoms with E-state index in [4.69, 9.17) is 9.47 Å². The maximum Gasteiger partial charge on any atom is 0.221 e. The number of carbonyl (C=O) groups is 4. The van der Waals surface area contributed by atoms with E-state index >= 15 is 0 Å². The number of carbonyl (C=O) groups excluding carboxylic acids is 4. The summed E-state index contributed by atoms with van der Waals surface area (Å²) in [5.74, 6) is -5.69. The molecule has 33 heavy (non-hydrogen) atoms. The molecule has 1 aliphatic carbocycles. The molecule has 0 amide bonds. The lowest BCUT2D eigenvalue weighted by Gasteiger charge is -2.34. The summed E-state index contributed by atoms with van der Waals surface area (Å²) in [5, 5.41) is 31.8. The number of aliphatic hydroxyl groups excluding tert-OH is 1. The molecule has 0 radical (unpaired) electrons. The van der Waals surface area contributed by atoms with Crippen LogP contribution in [0, 0.1) is 12.3 Å². The largest absolute Gasteiger partial charge is 0.510 e. The molecular formula is C24H30O9. The molecule has 0 saturated heterocycles. The third-order valence-corrected chi connectivity index (χ3v) is 5.71. The van der Waals surface area contributed by atoms with Gasteiger partial charge in [-0.2, -0.15) is 0 Å². The smallest absolute Gasteiger partial charge is 0.221 e. The number of phenolic OH excluding ortho intramolecular Hbond substituents is 2. The molecule has 9 heteroatoms. The zero-order valence-electron chi connectivity index (χ0n) is 19.7. The Bertz CT molecular complexity index is 1050. The van der Waals surface area contributed by atoms with Crippen LogP contribution in [0.2, 0.25) is 0 Å². The minimum atomic E-state index is -1.88. The number of allylic oxidation sites excluding steroid dienone is 1. The third kappa shape index (κ3) is 4.31. The number of aliphatic hydroxyl groups is 1. The summed E-state index contributed by atoms with van der Waals surface area (Å²) in [6, 6.07) is 0. The Kier molecular flexibility index (Phi) is 7.57. The lowest BCUT2D eigenvalue weighted by Crippen LogP contribution is -2.51. The first kappa shape index (κ1) is 25.9.